The second-order valence-electron chi connectivity index (χ2n) is 9.11. The first kappa shape index (κ1) is 22.8. The smallest absolute Gasteiger partial charge is 0.257 e. The van der Waals surface area contributed by atoms with Crippen LogP contribution in [0.15, 0.2) is 54.7 Å². The van der Waals surface area contributed by atoms with Crippen LogP contribution in [0.2, 0.25) is 0 Å². The molecule has 1 atom stereocenters. The number of hydrogen-bond acceptors (Lipinski definition) is 6. The Morgan fingerprint density at radius 1 is 1.14 bits per heavy atom. The van der Waals surface area contributed by atoms with Crippen molar-refractivity contribution in [2.45, 2.75) is 45.2 Å². The largest absolute Gasteiger partial charge is 0.365 e. The first-order valence-electron chi connectivity index (χ1n) is 12.2. The molecule has 8 nitrogen and oxygen atoms in total. The highest BCUT2D eigenvalue weighted by atomic mass is 16.2. The molecule has 1 saturated heterocycles. The van der Waals surface area contributed by atoms with Gasteiger partial charge in [0.2, 0.25) is 11.9 Å². The van der Waals surface area contributed by atoms with Gasteiger partial charge in [0.1, 0.15) is 17.4 Å². The van der Waals surface area contributed by atoms with Crippen LogP contribution in [0.3, 0.4) is 0 Å². The summed E-state index contributed by atoms with van der Waals surface area (Å²) in [5, 5.41) is 9.10. The molecule has 180 valence electrons. The Kier molecular flexibility index (Phi) is 6.61. The number of amides is 2. The normalized spacial score (nSPS) is 17.3. The van der Waals surface area contributed by atoms with Crippen LogP contribution in [-0.2, 0) is 17.8 Å². The van der Waals surface area contributed by atoms with E-state index in [-0.39, 0.29) is 11.8 Å². The monoisotopic (exact) mass is 470 g/mol. The molecule has 1 aromatic heterocycles. The van der Waals surface area contributed by atoms with Gasteiger partial charge in [-0.15, -0.1) is 0 Å². The summed E-state index contributed by atoms with van der Waals surface area (Å²) in [4.78, 5) is 37.0. The first-order chi connectivity index (χ1) is 17.1. The van der Waals surface area contributed by atoms with Crippen molar-refractivity contribution in [1.82, 2.24) is 20.6 Å². The lowest BCUT2D eigenvalue weighted by Gasteiger charge is -2.20. The number of para-hydroxylation sites is 1. The Bertz CT molecular complexity index is 1230. The number of nitrogens with one attached hydrogen (secondary N) is 3. The van der Waals surface area contributed by atoms with Gasteiger partial charge >= 0.3 is 0 Å². The Morgan fingerprint density at radius 3 is 2.83 bits per heavy atom. The van der Waals surface area contributed by atoms with Crippen LogP contribution in [0.1, 0.15) is 46.3 Å². The van der Waals surface area contributed by atoms with Crippen LogP contribution in [-0.4, -0.2) is 40.9 Å². The third-order valence-corrected chi connectivity index (χ3v) is 6.57. The van der Waals surface area contributed by atoms with E-state index in [9.17, 15) is 9.59 Å². The summed E-state index contributed by atoms with van der Waals surface area (Å²) in [6.07, 6.45) is 4.89. The lowest BCUT2D eigenvalue weighted by molar-refractivity contribution is -0.122. The van der Waals surface area contributed by atoms with E-state index in [4.69, 9.17) is 4.98 Å². The van der Waals surface area contributed by atoms with Gasteiger partial charge in [-0.3, -0.25) is 9.59 Å². The minimum absolute atomic E-state index is 0.142. The molecule has 2 aromatic carbocycles. The summed E-state index contributed by atoms with van der Waals surface area (Å²) in [5.41, 5.74) is 4.94. The quantitative estimate of drug-likeness (QED) is 0.510. The highest BCUT2D eigenvalue weighted by Crippen LogP contribution is 2.33. The zero-order valence-corrected chi connectivity index (χ0v) is 19.9. The second kappa shape index (κ2) is 10.1. The van der Waals surface area contributed by atoms with Crippen LogP contribution in [0.25, 0.3) is 0 Å². The molecule has 35 heavy (non-hydrogen) atoms. The van der Waals surface area contributed by atoms with Crippen molar-refractivity contribution < 1.29 is 9.59 Å². The van der Waals surface area contributed by atoms with Crippen molar-refractivity contribution in [3.63, 3.8) is 0 Å². The van der Waals surface area contributed by atoms with Gasteiger partial charge < -0.3 is 20.9 Å². The van der Waals surface area contributed by atoms with Gasteiger partial charge in [0, 0.05) is 31.5 Å². The zero-order chi connectivity index (χ0) is 24.2. The van der Waals surface area contributed by atoms with E-state index >= 15 is 0 Å². The summed E-state index contributed by atoms with van der Waals surface area (Å²) >= 11 is 0. The van der Waals surface area contributed by atoms with Gasteiger partial charge in [0.25, 0.3) is 5.91 Å². The molecule has 3 heterocycles. The van der Waals surface area contributed by atoms with Gasteiger partial charge in [-0.2, -0.15) is 4.98 Å². The maximum Gasteiger partial charge on any atom is 0.257 e. The molecule has 0 spiro atoms. The Morgan fingerprint density at radius 2 is 1.97 bits per heavy atom. The highest BCUT2D eigenvalue weighted by Gasteiger charge is 2.27. The number of anilines is 3. The van der Waals surface area contributed by atoms with Gasteiger partial charge in [0.05, 0.1) is 0 Å². The molecule has 0 saturated carbocycles. The zero-order valence-electron chi connectivity index (χ0n) is 19.9. The van der Waals surface area contributed by atoms with Gasteiger partial charge in [0.15, 0.2) is 0 Å². The summed E-state index contributed by atoms with van der Waals surface area (Å²) in [6, 6.07) is 15.9. The summed E-state index contributed by atoms with van der Waals surface area (Å²) in [7, 11) is 0. The summed E-state index contributed by atoms with van der Waals surface area (Å²) in [5.74, 6) is 0.500. The molecule has 0 aliphatic carbocycles. The molecule has 5 rings (SSSR count). The van der Waals surface area contributed by atoms with Crippen LogP contribution in [0.5, 0.6) is 0 Å². The third-order valence-electron chi connectivity index (χ3n) is 6.57. The Labute approximate surface area is 205 Å². The van der Waals surface area contributed by atoms with Crippen molar-refractivity contribution in [1.29, 1.82) is 0 Å². The Hall–Kier alpha value is -3.94. The molecular weight excluding hydrogens is 440 g/mol. The molecule has 8 heteroatoms. The van der Waals surface area contributed by atoms with E-state index in [2.05, 4.69) is 62.2 Å². The highest BCUT2D eigenvalue weighted by molar-refractivity contribution is 6.01. The van der Waals surface area contributed by atoms with Gasteiger partial charge in [-0.25, -0.2) is 4.98 Å². The van der Waals surface area contributed by atoms with Crippen molar-refractivity contribution in [2.75, 3.05) is 23.3 Å². The molecule has 1 unspecified atom stereocenters. The molecular formula is C27H30N6O2. The van der Waals surface area contributed by atoms with Gasteiger partial charge in [-0.05, 0) is 49.8 Å². The van der Waals surface area contributed by atoms with E-state index < -0.39 is 6.04 Å². The molecule has 2 aliphatic heterocycles. The number of rotatable bonds is 6. The maximum atomic E-state index is 13.3. The predicted molar refractivity (Wildman–Crippen MR) is 136 cm³/mol. The molecule has 0 bridgehead atoms. The fourth-order valence-corrected chi connectivity index (χ4v) is 4.55. The van der Waals surface area contributed by atoms with Crippen molar-refractivity contribution in [3.8, 4) is 0 Å². The number of nitrogens with zero attached hydrogens (tertiary/aromatic N) is 3. The number of hydrogen-bond donors (Lipinski definition) is 3. The molecule has 2 aliphatic rings. The minimum atomic E-state index is -0.555. The third kappa shape index (κ3) is 5.11. The number of fused-ring (bicyclic) bond motifs is 1. The van der Waals surface area contributed by atoms with E-state index in [0.717, 1.165) is 37.1 Å². The van der Waals surface area contributed by atoms with Crippen molar-refractivity contribution in [2.24, 2.45) is 0 Å². The average Bonchev–Trinajstić information content (AvgIpc) is 3.21. The molecule has 3 aromatic rings. The summed E-state index contributed by atoms with van der Waals surface area (Å²) in [6.45, 7) is 3.99. The molecule has 1 fully saturated rings. The molecule has 0 radical (unpaired) electrons. The maximum absolute atomic E-state index is 13.3. The SMILES string of the molecule is Cc1ccc(CNc2nc(N3CCc4ccccc43)ncc2C(=O)NC2CCCCNC2=O)cc1. The molecule has 2 amide bonds. The molecule has 3 N–H and O–H groups in total. The van der Waals surface area contributed by atoms with Crippen molar-refractivity contribution >= 4 is 29.3 Å². The van der Waals surface area contributed by atoms with E-state index in [0.29, 0.717) is 36.8 Å². The number of aromatic nitrogens is 2. The fraction of sp³-hybridized carbons (Fsp3) is 0.333. The summed E-state index contributed by atoms with van der Waals surface area (Å²) < 4.78 is 0. The van der Waals surface area contributed by atoms with E-state index in [1.165, 1.54) is 11.1 Å². The number of carbonyl (C=O) groups is 2. The van der Waals surface area contributed by atoms with Crippen molar-refractivity contribution in [3.05, 3.63) is 77.0 Å². The van der Waals surface area contributed by atoms with Gasteiger partial charge in [-0.1, -0.05) is 48.0 Å². The van der Waals surface area contributed by atoms with Crippen LogP contribution in [0.4, 0.5) is 17.5 Å². The van der Waals surface area contributed by atoms with Crippen LogP contribution < -0.4 is 20.9 Å². The number of carbonyl (C=O) groups excluding carboxylic acids is 2. The lowest BCUT2D eigenvalue weighted by Crippen LogP contribution is -2.45. The number of benzene rings is 2. The average molecular weight is 471 g/mol. The predicted octanol–water partition coefficient (Wildman–Crippen LogP) is 3.49. The lowest BCUT2D eigenvalue weighted by atomic mass is 10.1. The van der Waals surface area contributed by atoms with Crippen LogP contribution >= 0.6 is 0 Å². The van der Waals surface area contributed by atoms with E-state index in [1.54, 1.807) is 6.20 Å². The number of aryl methyl sites for hydroxylation is 1. The fourth-order valence-electron chi connectivity index (χ4n) is 4.55. The first-order valence-corrected chi connectivity index (χ1v) is 12.2. The topological polar surface area (TPSA) is 99.2 Å². The Balaban J connectivity index is 1.42. The standard InChI is InChI=1S/C27H30N6O2/c1-18-9-11-19(12-10-18)16-29-24-21(25(34)31-22-7-4-5-14-28-26(22)35)17-30-27(32-24)33-15-13-20-6-2-3-8-23(20)33/h2-3,6,8-12,17,22H,4-5,7,13-16H2,1H3,(H,28,35)(H,31,34)(H,29,30,32). The minimum Gasteiger partial charge on any atom is -0.365 e. The second-order valence-corrected chi connectivity index (χ2v) is 9.11. The van der Waals surface area contributed by atoms with Crippen LogP contribution in [0, 0.1) is 6.92 Å². The van der Waals surface area contributed by atoms with E-state index in [1.807, 2.05) is 19.1 Å².